The van der Waals surface area contributed by atoms with Crippen LogP contribution < -0.4 is 0 Å². The first-order valence-electron chi connectivity index (χ1n) is 7.64. The maximum absolute atomic E-state index is 12.6. The monoisotopic (exact) mass is 321 g/mol. The van der Waals surface area contributed by atoms with Gasteiger partial charge in [0.15, 0.2) is 0 Å². The molecule has 1 aromatic heterocycles. The van der Waals surface area contributed by atoms with Gasteiger partial charge in [0.2, 0.25) is 0 Å². The van der Waals surface area contributed by atoms with E-state index < -0.39 is 0 Å². The van der Waals surface area contributed by atoms with E-state index in [-0.39, 0.29) is 5.91 Å². The van der Waals surface area contributed by atoms with Gasteiger partial charge >= 0.3 is 0 Å². The third-order valence-electron chi connectivity index (χ3n) is 3.82. The second-order valence-corrected chi connectivity index (χ2v) is 5.53. The number of aryl methyl sites for hydroxylation is 1. The standard InChI is InChI=1S/C19H19N3O2/c1-14-8-7-9-15(12-14)18-17(19(23)21(2)24-3)13-22(20-18)16-10-5-4-6-11-16/h4-13H,1-3H3. The van der Waals surface area contributed by atoms with Crippen molar-refractivity contribution in [2.45, 2.75) is 6.92 Å². The quantitative estimate of drug-likeness (QED) is 0.691. The fourth-order valence-electron chi connectivity index (χ4n) is 2.50. The van der Waals surface area contributed by atoms with Gasteiger partial charge < -0.3 is 0 Å². The number of rotatable bonds is 4. The number of hydrogen-bond donors (Lipinski definition) is 0. The number of nitrogens with zero attached hydrogens (tertiary/aromatic N) is 3. The summed E-state index contributed by atoms with van der Waals surface area (Å²) < 4.78 is 1.72. The van der Waals surface area contributed by atoms with Crippen LogP contribution in [0.3, 0.4) is 0 Å². The van der Waals surface area contributed by atoms with Crippen molar-refractivity contribution in [2.75, 3.05) is 14.2 Å². The van der Waals surface area contributed by atoms with Gasteiger partial charge in [-0.05, 0) is 25.1 Å². The van der Waals surface area contributed by atoms with E-state index in [1.54, 1.807) is 17.9 Å². The second kappa shape index (κ2) is 6.68. The lowest BCUT2D eigenvalue weighted by Gasteiger charge is -2.13. The normalized spacial score (nSPS) is 10.6. The van der Waals surface area contributed by atoms with E-state index in [0.717, 1.165) is 16.8 Å². The summed E-state index contributed by atoms with van der Waals surface area (Å²) in [4.78, 5) is 17.7. The zero-order chi connectivity index (χ0) is 17.1. The molecule has 0 spiro atoms. The first-order chi connectivity index (χ1) is 11.6. The Kier molecular flexibility index (Phi) is 4.44. The molecule has 2 aromatic carbocycles. The number of benzene rings is 2. The van der Waals surface area contributed by atoms with E-state index in [0.29, 0.717) is 11.3 Å². The molecule has 5 heteroatoms. The molecule has 0 fully saturated rings. The van der Waals surface area contributed by atoms with Crippen LogP contribution in [0.5, 0.6) is 0 Å². The van der Waals surface area contributed by atoms with Crippen LogP contribution in [0.1, 0.15) is 15.9 Å². The van der Waals surface area contributed by atoms with Crippen LogP contribution in [0, 0.1) is 6.92 Å². The molecule has 0 aliphatic rings. The predicted octanol–water partition coefficient (Wildman–Crippen LogP) is 3.48. The van der Waals surface area contributed by atoms with Crippen LogP contribution in [-0.2, 0) is 4.84 Å². The molecule has 0 saturated carbocycles. The van der Waals surface area contributed by atoms with Gasteiger partial charge in [-0.3, -0.25) is 9.63 Å². The molecule has 0 N–H and O–H groups in total. The van der Waals surface area contributed by atoms with Crippen LogP contribution in [0.4, 0.5) is 0 Å². The van der Waals surface area contributed by atoms with Crippen molar-refractivity contribution in [1.29, 1.82) is 0 Å². The predicted molar refractivity (Wildman–Crippen MR) is 92.8 cm³/mol. The summed E-state index contributed by atoms with van der Waals surface area (Å²) in [6.45, 7) is 2.01. The Hall–Kier alpha value is -2.92. The van der Waals surface area contributed by atoms with E-state index >= 15 is 0 Å². The molecule has 24 heavy (non-hydrogen) atoms. The Bertz CT molecular complexity index is 856. The van der Waals surface area contributed by atoms with Crippen molar-refractivity contribution in [3.05, 3.63) is 71.9 Å². The molecule has 122 valence electrons. The minimum atomic E-state index is -0.240. The number of carbonyl (C=O) groups is 1. The Balaban J connectivity index is 2.15. The summed E-state index contributed by atoms with van der Waals surface area (Å²) >= 11 is 0. The number of amides is 1. The Morgan fingerprint density at radius 3 is 2.54 bits per heavy atom. The minimum absolute atomic E-state index is 0.240. The highest BCUT2D eigenvalue weighted by Crippen LogP contribution is 2.25. The molecule has 0 aliphatic heterocycles. The summed E-state index contributed by atoms with van der Waals surface area (Å²) in [6, 6.07) is 17.6. The SMILES string of the molecule is CON(C)C(=O)c1cn(-c2ccccc2)nc1-c1cccc(C)c1. The van der Waals surface area contributed by atoms with Crippen LogP contribution in [0.25, 0.3) is 16.9 Å². The molecule has 3 rings (SSSR count). The molecular weight excluding hydrogens is 302 g/mol. The Labute approximate surface area is 141 Å². The van der Waals surface area contributed by atoms with Gasteiger partial charge in [0, 0.05) is 18.8 Å². The van der Waals surface area contributed by atoms with Gasteiger partial charge in [-0.2, -0.15) is 5.10 Å². The van der Waals surface area contributed by atoms with Crippen LogP contribution in [0.15, 0.2) is 60.8 Å². The van der Waals surface area contributed by atoms with Gasteiger partial charge in [0.05, 0.1) is 18.4 Å². The van der Waals surface area contributed by atoms with Crippen molar-refractivity contribution in [2.24, 2.45) is 0 Å². The fourth-order valence-corrected chi connectivity index (χ4v) is 2.50. The largest absolute Gasteiger partial charge is 0.281 e. The van der Waals surface area contributed by atoms with E-state index in [4.69, 9.17) is 4.84 Å². The summed E-state index contributed by atoms with van der Waals surface area (Å²) in [5.41, 5.74) is 4.04. The lowest BCUT2D eigenvalue weighted by molar-refractivity contribution is -0.0756. The molecule has 0 unspecified atom stereocenters. The van der Waals surface area contributed by atoms with Crippen molar-refractivity contribution in [1.82, 2.24) is 14.8 Å². The van der Waals surface area contributed by atoms with Gasteiger partial charge in [-0.15, -0.1) is 0 Å². The van der Waals surface area contributed by atoms with E-state index in [9.17, 15) is 4.79 Å². The van der Waals surface area contributed by atoms with Crippen molar-refractivity contribution >= 4 is 5.91 Å². The maximum atomic E-state index is 12.6. The van der Waals surface area contributed by atoms with Crippen LogP contribution >= 0.6 is 0 Å². The molecule has 1 heterocycles. The summed E-state index contributed by atoms with van der Waals surface area (Å²) in [7, 11) is 3.05. The van der Waals surface area contributed by atoms with Gasteiger partial charge in [0.1, 0.15) is 5.69 Å². The first-order valence-corrected chi connectivity index (χ1v) is 7.64. The lowest BCUT2D eigenvalue weighted by atomic mass is 10.1. The van der Waals surface area contributed by atoms with Gasteiger partial charge in [-0.1, -0.05) is 42.0 Å². The molecule has 0 atom stereocenters. The molecule has 0 bridgehead atoms. The third kappa shape index (κ3) is 3.07. The highest BCUT2D eigenvalue weighted by atomic mass is 16.7. The topological polar surface area (TPSA) is 47.4 Å². The number of carbonyl (C=O) groups excluding carboxylic acids is 1. The Morgan fingerprint density at radius 1 is 1.12 bits per heavy atom. The first kappa shape index (κ1) is 16.0. The summed E-state index contributed by atoms with van der Waals surface area (Å²) in [6.07, 6.45) is 1.74. The minimum Gasteiger partial charge on any atom is -0.274 e. The highest BCUT2D eigenvalue weighted by Gasteiger charge is 2.21. The second-order valence-electron chi connectivity index (χ2n) is 5.53. The van der Waals surface area contributed by atoms with E-state index in [1.165, 1.54) is 12.2 Å². The number of hydrogen-bond acceptors (Lipinski definition) is 3. The fraction of sp³-hybridized carbons (Fsp3) is 0.158. The summed E-state index contributed by atoms with van der Waals surface area (Å²) in [5.74, 6) is -0.240. The van der Waals surface area contributed by atoms with Gasteiger partial charge in [-0.25, -0.2) is 9.75 Å². The van der Waals surface area contributed by atoms with E-state index in [1.807, 2.05) is 61.5 Å². The average molecular weight is 321 g/mol. The average Bonchev–Trinajstić information content (AvgIpc) is 3.06. The van der Waals surface area contributed by atoms with E-state index in [2.05, 4.69) is 5.10 Å². The number of para-hydroxylation sites is 1. The van der Waals surface area contributed by atoms with Crippen molar-refractivity contribution in [3.63, 3.8) is 0 Å². The zero-order valence-corrected chi connectivity index (χ0v) is 13.9. The molecular formula is C19H19N3O2. The van der Waals surface area contributed by atoms with Gasteiger partial charge in [0.25, 0.3) is 5.91 Å². The smallest absolute Gasteiger partial charge is 0.274 e. The molecule has 0 radical (unpaired) electrons. The highest BCUT2D eigenvalue weighted by molar-refractivity contribution is 5.99. The lowest BCUT2D eigenvalue weighted by Crippen LogP contribution is -2.25. The third-order valence-corrected chi connectivity index (χ3v) is 3.82. The van der Waals surface area contributed by atoms with Crippen LogP contribution in [-0.4, -0.2) is 34.9 Å². The van der Waals surface area contributed by atoms with Crippen LogP contribution in [0.2, 0.25) is 0 Å². The number of aromatic nitrogens is 2. The summed E-state index contributed by atoms with van der Waals surface area (Å²) in [5, 5.41) is 5.84. The molecule has 3 aromatic rings. The molecule has 5 nitrogen and oxygen atoms in total. The molecule has 0 saturated heterocycles. The molecule has 1 amide bonds. The zero-order valence-electron chi connectivity index (χ0n) is 13.9. The number of hydroxylamine groups is 2. The Morgan fingerprint density at radius 2 is 1.88 bits per heavy atom. The van der Waals surface area contributed by atoms with Crippen molar-refractivity contribution < 1.29 is 9.63 Å². The maximum Gasteiger partial charge on any atom is 0.281 e. The van der Waals surface area contributed by atoms with Crippen molar-refractivity contribution in [3.8, 4) is 16.9 Å². The molecule has 0 aliphatic carbocycles.